The molecule has 1 amide bonds. The highest BCUT2D eigenvalue weighted by atomic mass is 16.6. The molecule has 1 heterocycles. The number of hydrogen-bond donors (Lipinski definition) is 2. The number of nitrogens with zero attached hydrogens (tertiary/aromatic N) is 2. The highest BCUT2D eigenvalue weighted by Gasteiger charge is 2.26. The molecule has 1 aliphatic carbocycles. The lowest BCUT2D eigenvalue weighted by Gasteiger charge is -2.30. The highest BCUT2D eigenvalue weighted by molar-refractivity contribution is 5.68. The van der Waals surface area contributed by atoms with Crippen molar-refractivity contribution in [3.63, 3.8) is 0 Å². The predicted molar refractivity (Wildman–Crippen MR) is 89.9 cm³/mol. The molecule has 1 aromatic rings. The number of carbonyl (C=O) groups excluding carboxylic acids is 1. The van der Waals surface area contributed by atoms with Gasteiger partial charge in [-0.15, -0.1) is 0 Å². The Balaban J connectivity index is 1.83. The van der Waals surface area contributed by atoms with Gasteiger partial charge in [-0.1, -0.05) is 0 Å². The molecule has 0 aliphatic heterocycles. The number of carbonyl (C=O) groups is 1. The molecule has 132 valence electrons. The van der Waals surface area contributed by atoms with Gasteiger partial charge in [0.1, 0.15) is 5.60 Å². The Kier molecular flexibility index (Phi) is 5.58. The van der Waals surface area contributed by atoms with Crippen LogP contribution in [0.1, 0.15) is 46.5 Å². The summed E-state index contributed by atoms with van der Waals surface area (Å²) in [5, 5.41) is 17.0. The number of alkyl carbamates (subject to hydrolysis) is 1. The van der Waals surface area contributed by atoms with Crippen LogP contribution in [0.3, 0.4) is 0 Å². The molecule has 2 N–H and O–H groups in total. The van der Waals surface area contributed by atoms with Crippen LogP contribution in [0.25, 0.3) is 0 Å². The first-order valence-electron chi connectivity index (χ1n) is 8.10. The summed E-state index contributed by atoms with van der Waals surface area (Å²) in [6.07, 6.45) is 4.31. The summed E-state index contributed by atoms with van der Waals surface area (Å²) in [5.41, 5.74) is -0.535. The zero-order chi connectivity index (χ0) is 17.7. The van der Waals surface area contributed by atoms with Gasteiger partial charge >= 0.3 is 11.8 Å². The molecule has 8 nitrogen and oxygen atoms in total. The molecule has 0 radical (unpaired) electrons. The van der Waals surface area contributed by atoms with E-state index < -0.39 is 16.6 Å². The molecule has 8 heteroatoms. The summed E-state index contributed by atoms with van der Waals surface area (Å²) >= 11 is 0. The van der Waals surface area contributed by atoms with Crippen molar-refractivity contribution in [2.75, 3.05) is 5.32 Å². The molecule has 0 aromatic carbocycles. The number of nitro groups is 1. The van der Waals surface area contributed by atoms with Crippen LogP contribution >= 0.6 is 0 Å². The maximum atomic E-state index is 11.8. The lowest BCUT2D eigenvalue weighted by atomic mass is 9.91. The van der Waals surface area contributed by atoms with E-state index >= 15 is 0 Å². The minimum absolute atomic E-state index is 0.0218. The van der Waals surface area contributed by atoms with E-state index in [0.29, 0.717) is 5.82 Å². The van der Waals surface area contributed by atoms with Crippen molar-refractivity contribution in [2.24, 2.45) is 0 Å². The molecule has 0 unspecified atom stereocenters. The van der Waals surface area contributed by atoms with Gasteiger partial charge in [-0.3, -0.25) is 10.1 Å². The number of hydrogen-bond acceptors (Lipinski definition) is 6. The van der Waals surface area contributed by atoms with Crippen molar-refractivity contribution in [1.82, 2.24) is 10.3 Å². The number of amides is 1. The van der Waals surface area contributed by atoms with E-state index in [4.69, 9.17) is 4.74 Å². The van der Waals surface area contributed by atoms with Crippen molar-refractivity contribution in [3.05, 3.63) is 28.4 Å². The average Bonchev–Trinajstić information content (AvgIpc) is 2.47. The first-order chi connectivity index (χ1) is 11.2. The SMILES string of the molecule is CC(C)(C)OC(=O)N[C@H]1CC[C@H](Nc2ncccc2[N+](=O)[O-])CC1. The molecule has 2 rings (SSSR count). The second-order valence-electron chi connectivity index (χ2n) is 6.97. The molecule has 0 saturated heterocycles. The molecule has 24 heavy (non-hydrogen) atoms. The normalized spacial score (nSPS) is 21.0. The molecule has 1 aromatic heterocycles. The van der Waals surface area contributed by atoms with Gasteiger partial charge in [-0.2, -0.15) is 0 Å². The second-order valence-corrected chi connectivity index (χ2v) is 6.97. The summed E-state index contributed by atoms with van der Waals surface area (Å²) in [4.78, 5) is 26.4. The van der Waals surface area contributed by atoms with Gasteiger partial charge in [0.2, 0.25) is 5.82 Å². The van der Waals surface area contributed by atoms with E-state index in [-0.39, 0.29) is 17.8 Å². The number of aromatic nitrogens is 1. The van der Waals surface area contributed by atoms with Gasteiger partial charge in [0.05, 0.1) is 4.92 Å². The maximum Gasteiger partial charge on any atom is 0.407 e. The molecule has 0 spiro atoms. The maximum absolute atomic E-state index is 11.8. The third kappa shape index (κ3) is 5.36. The number of pyridine rings is 1. The minimum Gasteiger partial charge on any atom is -0.444 e. The van der Waals surface area contributed by atoms with Crippen molar-refractivity contribution in [2.45, 2.75) is 64.1 Å². The molecular weight excluding hydrogens is 312 g/mol. The Morgan fingerprint density at radius 1 is 1.29 bits per heavy atom. The van der Waals surface area contributed by atoms with Gasteiger partial charge in [0.15, 0.2) is 0 Å². The van der Waals surface area contributed by atoms with E-state index in [9.17, 15) is 14.9 Å². The van der Waals surface area contributed by atoms with Crippen LogP contribution in [0.2, 0.25) is 0 Å². The first kappa shape index (κ1) is 18.0. The van der Waals surface area contributed by atoms with Crippen LogP contribution in [0.4, 0.5) is 16.3 Å². The Bertz CT molecular complexity index is 592. The first-order valence-corrected chi connectivity index (χ1v) is 8.10. The average molecular weight is 336 g/mol. The van der Waals surface area contributed by atoms with Gasteiger partial charge in [-0.25, -0.2) is 9.78 Å². The number of anilines is 1. The second kappa shape index (κ2) is 7.46. The van der Waals surface area contributed by atoms with Crippen LogP contribution in [0.5, 0.6) is 0 Å². The van der Waals surface area contributed by atoms with Gasteiger partial charge in [0, 0.05) is 24.3 Å². The summed E-state index contributed by atoms with van der Waals surface area (Å²) in [6.45, 7) is 5.48. The Morgan fingerprint density at radius 2 is 1.92 bits per heavy atom. The van der Waals surface area contributed by atoms with E-state index in [1.54, 1.807) is 6.07 Å². The van der Waals surface area contributed by atoms with Crippen LogP contribution in [-0.4, -0.2) is 33.7 Å². The van der Waals surface area contributed by atoms with Gasteiger partial charge in [-0.05, 0) is 52.5 Å². The van der Waals surface area contributed by atoms with E-state index in [1.807, 2.05) is 20.8 Å². The minimum atomic E-state index is -0.513. The fraction of sp³-hybridized carbons (Fsp3) is 0.625. The van der Waals surface area contributed by atoms with Crippen LogP contribution in [0.15, 0.2) is 18.3 Å². The zero-order valence-electron chi connectivity index (χ0n) is 14.2. The Morgan fingerprint density at radius 3 is 2.50 bits per heavy atom. The lowest BCUT2D eigenvalue weighted by molar-refractivity contribution is -0.384. The van der Waals surface area contributed by atoms with Crippen molar-refractivity contribution in [1.29, 1.82) is 0 Å². The van der Waals surface area contributed by atoms with E-state index in [2.05, 4.69) is 15.6 Å². The van der Waals surface area contributed by atoms with Crippen molar-refractivity contribution >= 4 is 17.6 Å². The predicted octanol–water partition coefficient (Wildman–Crippen LogP) is 3.24. The molecule has 0 bridgehead atoms. The summed E-state index contributed by atoms with van der Waals surface area (Å²) in [7, 11) is 0. The van der Waals surface area contributed by atoms with E-state index in [0.717, 1.165) is 25.7 Å². The van der Waals surface area contributed by atoms with Crippen molar-refractivity contribution in [3.8, 4) is 0 Å². The molecule has 1 saturated carbocycles. The fourth-order valence-corrected chi connectivity index (χ4v) is 2.71. The molecule has 0 atom stereocenters. The number of nitrogens with one attached hydrogen (secondary N) is 2. The fourth-order valence-electron chi connectivity index (χ4n) is 2.71. The summed E-state index contributed by atoms with van der Waals surface area (Å²) in [6, 6.07) is 3.16. The van der Waals surface area contributed by atoms with Crippen LogP contribution in [0, 0.1) is 10.1 Å². The topological polar surface area (TPSA) is 106 Å². The van der Waals surface area contributed by atoms with Gasteiger partial charge in [0.25, 0.3) is 0 Å². The number of ether oxygens (including phenoxy) is 1. The largest absolute Gasteiger partial charge is 0.444 e. The summed E-state index contributed by atoms with van der Waals surface area (Å²) < 4.78 is 5.25. The smallest absolute Gasteiger partial charge is 0.407 e. The monoisotopic (exact) mass is 336 g/mol. The lowest BCUT2D eigenvalue weighted by Crippen LogP contribution is -2.42. The highest BCUT2D eigenvalue weighted by Crippen LogP contribution is 2.26. The molecular formula is C16H24N4O4. The van der Waals surface area contributed by atoms with Crippen LogP contribution < -0.4 is 10.6 Å². The summed E-state index contributed by atoms with van der Waals surface area (Å²) in [5.74, 6) is 0.297. The molecule has 1 aliphatic rings. The third-order valence-corrected chi connectivity index (χ3v) is 3.77. The quantitative estimate of drug-likeness (QED) is 0.646. The van der Waals surface area contributed by atoms with Crippen molar-refractivity contribution < 1.29 is 14.5 Å². The molecule has 1 fully saturated rings. The zero-order valence-corrected chi connectivity index (χ0v) is 14.2. The standard InChI is InChI=1S/C16H24N4O4/c1-16(2,3)24-15(21)19-12-8-6-11(7-9-12)18-14-13(20(22)23)5-4-10-17-14/h4-5,10-12H,6-9H2,1-3H3,(H,17,18)(H,19,21)/t11-,12-. The number of rotatable bonds is 4. The van der Waals surface area contributed by atoms with Crippen LogP contribution in [-0.2, 0) is 4.74 Å². The Hall–Kier alpha value is -2.38. The van der Waals surface area contributed by atoms with E-state index in [1.165, 1.54) is 12.3 Å². The van der Waals surface area contributed by atoms with Gasteiger partial charge < -0.3 is 15.4 Å². The third-order valence-electron chi connectivity index (χ3n) is 3.77. The Labute approximate surface area is 141 Å².